The Balaban J connectivity index is 0.00000144. The smallest absolute Gasteiger partial charge is 1.00 e. The maximum atomic E-state index is 10.0. The molecule has 7 heteroatoms. The topological polar surface area (TPSA) is 66.4 Å². The molecule has 0 N–H and O–H groups in total. The maximum absolute atomic E-state index is 10.0. The number of rotatable bonds is 3. The van der Waals surface area contributed by atoms with Crippen LogP contribution in [0.1, 0.15) is 0 Å². The quantitative estimate of drug-likeness (QED) is 0.325. The van der Waals surface area contributed by atoms with Crippen molar-refractivity contribution in [3.8, 4) is 0 Å². The van der Waals surface area contributed by atoms with E-state index >= 15 is 0 Å². The molecule has 1 aromatic rings. The van der Waals surface area contributed by atoms with Crippen molar-refractivity contribution in [2.24, 2.45) is 0 Å². The van der Waals surface area contributed by atoms with Gasteiger partial charge in [0.2, 0.25) is 0 Å². The van der Waals surface area contributed by atoms with Crippen molar-refractivity contribution in [3.05, 3.63) is 30.3 Å². The number of hydrogen-bond acceptors (Lipinski definition) is 4. The molecule has 13 heavy (non-hydrogen) atoms. The first-order valence-electron chi connectivity index (χ1n) is 2.95. The van der Waals surface area contributed by atoms with Crippen LogP contribution >= 0.6 is 0 Å². The summed E-state index contributed by atoms with van der Waals surface area (Å²) < 4.78 is 34.9. The van der Waals surface area contributed by atoms with E-state index in [1.165, 1.54) is 0 Å². The van der Waals surface area contributed by atoms with Crippen LogP contribution in [0.4, 0.5) is 0 Å². The third kappa shape index (κ3) is 6.65. The molecular weight excluding hydrogens is 270 g/mol. The minimum Gasteiger partial charge on any atom is 1.00 e. The molecule has 0 atom stereocenters. The Kier molecular flexibility index (Phi) is 6.45. The maximum Gasteiger partial charge on any atom is 1.00 e. The Morgan fingerprint density at radius 3 is 2.23 bits per heavy atom. The Bertz CT molecular complexity index is 339. The molecule has 0 amide bonds. The van der Waals surface area contributed by atoms with Gasteiger partial charge < -0.3 is 0 Å². The van der Waals surface area contributed by atoms with E-state index < -0.39 is 25.7 Å². The van der Waals surface area contributed by atoms with Crippen molar-refractivity contribution >= 4 is 30.1 Å². The molecule has 0 radical (unpaired) electrons. The third-order valence-corrected chi connectivity index (χ3v) is 3.64. The number of benzene rings is 1. The van der Waals surface area contributed by atoms with Crippen molar-refractivity contribution in [1.29, 1.82) is 0 Å². The summed E-state index contributed by atoms with van der Waals surface area (Å²) in [6, 6.07) is 8.69. The Hall–Kier alpha value is 0.609. The molecule has 1 rings (SSSR count). The molecule has 0 spiro atoms. The predicted octanol–water partition coefficient (Wildman–Crippen LogP) is -3.59. The fourth-order valence-corrected chi connectivity index (χ4v) is 2.30. The van der Waals surface area contributed by atoms with Gasteiger partial charge in [0.05, 0.1) is 0 Å². The Labute approximate surface area is 105 Å². The summed E-state index contributed by atoms with van der Waals surface area (Å²) in [5.74, 6) is 0. The van der Waals surface area contributed by atoms with Crippen molar-refractivity contribution in [2.75, 3.05) is 0 Å². The largest absolute Gasteiger partial charge is 1.00 e. The van der Waals surface area contributed by atoms with Gasteiger partial charge in [-0.2, -0.15) is 0 Å². The van der Waals surface area contributed by atoms with Crippen LogP contribution in [0.5, 0.6) is 0 Å². The zero-order valence-corrected chi connectivity index (χ0v) is 11.4. The molecule has 66 valence electrons. The minimum absolute atomic E-state index is 0. The van der Waals surface area contributed by atoms with Crippen molar-refractivity contribution in [3.63, 3.8) is 0 Å². The second kappa shape index (κ2) is 6.16. The van der Waals surface area contributed by atoms with E-state index in [0.29, 0.717) is 4.46 Å². The summed E-state index contributed by atoms with van der Waals surface area (Å²) in [7, 11) is -4.54. The molecule has 0 heterocycles. The molecule has 0 aliphatic carbocycles. The molecule has 0 bridgehead atoms. The van der Waals surface area contributed by atoms with Crippen molar-refractivity contribution in [1.82, 2.24) is 0 Å². The van der Waals surface area contributed by atoms with E-state index in [2.05, 4.69) is 3.27 Å². The van der Waals surface area contributed by atoms with Gasteiger partial charge in [0, 0.05) is 0 Å². The molecule has 0 fully saturated rings. The van der Waals surface area contributed by atoms with Crippen LogP contribution in [-0.4, -0.2) is 28.3 Å². The fraction of sp³-hybridized carbons (Fsp3) is 0. The first-order chi connectivity index (χ1) is 5.58. The van der Waals surface area contributed by atoms with E-state index in [4.69, 9.17) is 0 Å². The van der Waals surface area contributed by atoms with Crippen LogP contribution in [0.3, 0.4) is 0 Å². The van der Waals surface area contributed by atoms with E-state index in [-0.39, 0.29) is 29.6 Å². The fourth-order valence-electron chi connectivity index (χ4n) is 0.557. The summed E-state index contributed by atoms with van der Waals surface area (Å²) in [5.41, 5.74) is 0. The van der Waals surface area contributed by atoms with E-state index in [1.807, 2.05) is 0 Å². The molecule has 0 aliphatic rings. The average molecular weight is 275 g/mol. The molecule has 0 saturated heterocycles. The van der Waals surface area contributed by atoms with Gasteiger partial charge in [0.15, 0.2) is 0 Å². The van der Waals surface area contributed by atoms with E-state index in [0.717, 1.165) is 0 Å². The first kappa shape index (κ1) is 13.6. The van der Waals surface area contributed by atoms with Crippen LogP contribution in [0.25, 0.3) is 0 Å². The summed E-state index contributed by atoms with van der Waals surface area (Å²) in [6.07, 6.45) is 0. The molecule has 1 aromatic carbocycles. The van der Waals surface area contributed by atoms with Crippen LogP contribution in [-0.2, 0) is 13.7 Å². The zero-order chi connectivity index (χ0) is 9.03. The van der Waals surface area contributed by atoms with Gasteiger partial charge in [-0.05, 0) is 0 Å². The van der Waals surface area contributed by atoms with Gasteiger partial charge in [-0.1, -0.05) is 0 Å². The van der Waals surface area contributed by atoms with Crippen molar-refractivity contribution < 1.29 is 45.8 Å². The SMILES string of the molecule is O=S(=O)([O-])O[Se]c1ccccc1.[Na+]. The Morgan fingerprint density at radius 1 is 1.23 bits per heavy atom. The second-order valence-electron chi connectivity index (χ2n) is 1.87. The van der Waals surface area contributed by atoms with Gasteiger partial charge in [-0.3, -0.25) is 0 Å². The zero-order valence-electron chi connectivity index (χ0n) is 6.84. The van der Waals surface area contributed by atoms with Crippen LogP contribution < -0.4 is 34.0 Å². The summed E-state index contributed by atoms with van der Waals surface area (Å²) in [6.45, 7) is 0. The molecule has 0 unspecified atom stereocenters. The predicted molar refractivity (Wildman–Crippen MR) is 42.6 cm³/mol. The Morgan fingerprint density at radius 2 is 1.77 bits per heavy atom. The summed E-state index contributed by atoms with van der Waals surface area (Å²) >= 11 is -0.748. The van der Waals surface area contributed by atoms with Gasteiger partial charge in [-0.15, -0.1) is 0 Å². The van der Waals surface area contributed by atoms with Crippen LogP contribution in [0.2, 0.25) is 0 Å². The van der Waals surface area contributed by atoms with E-state index in [1.54, 1.807) is 30.3 Å². The molecule has 0 saturated carbocycles. The van der Waals surface area contributed by atoms with Gasteiger partial charge in [0.25, 0.3) is 0 Å². The first-order valence-corrected chi connectivity index (χ1v) is 5.84. The number of hydrogen-bond donors (Lipinski definition) is 0. The molecule has 4 nitrogen and oxygen atoms in total. The monoisotopic (exact) mass is 276 g/mol. The van der Waals surface area contributed by atoms with Gasteiger partial charge >= 0.3 is 106 Å². The second-order valence-corrected chi connectivity index (χ2v) is 5.02. The standard InChI is InChI=1S/C6H6O4SSe.Na/c7-11(8,9)10-12-6-4-2-1-3-5-6;/h1-5H,(H,7,8,9);/q;+1/p-1. The van der Waals surface area contributed by atoms with Crippen molar-refractivity contribution in [2.45, 2.75) is 0 Å². The summed E-state index contributed by atoms with van der Waals surface area (Å²) in [4.78, 5) is 0. The van der Waals surface area contributed by atoms with Crippen LogP contribution in [0, 0.1) is 0 Å². The summed E-state index contributed by atoms with van der Waals surface area (Å²) in [5, 5.41) is 0. The van der Waals surface area contributed by atoms with Gasteiger partial charge in [0.1, 0.15) is 0 Å². The minimum atomic E-state index is -4.54. The average Bonchev–Trinajstić information content (AvgIpc) is 2.02. The molecule has 0 aliphatic heterocycles. The molecular formula is C6H5NaO4SSe. The molecule has 0 aromatic heterocycles. The third-order valence-electron chi connectivity index (χ3n) is 0.957. The van der Waals surface area contributed by atoms with Crippen LogP contribution in [0.15, 0.2) is 30.3 Å². The van der Waals surface area contributed by atoms with E-state index in [9.17, 15) is 13.0 Å². The normalized spacial score (nSPS) is 10.5. The van der Waals surface area contributed by atoms with Gasteiger partial charge in [-0.25, -0.2) is 0 Å².